The molecule has 0 saturated carbocycles. The number of hydrogen-bond donors (Lipinski definition) is 0. The van der Waals surface area contributed by atoms with Crippen LogP contribution in [0.2, 0.25) is 0 Å². The van der Waals surface area contributed by atoms with Gasteiger partial charge in [0.2, 0.25) is 0 Å². The smallest absolute Gasteiger partial charge is 0.255 e. The first kappa shape index (κ1) is 40.7. The Bertz CT molecular complexity index is 2240. The number of ether oxygens (including phenoxy) is 3. The van der Waals surface area contributed by atoms with E-state index < -0.39 is 55.6 Å². The minimum Gasteiger partial charge on any atom is -0.548 e. The Morgan fingerprint density at radius 1 is 0.690 bits per heavy atom. The van der Waals surface area contributed by atoms with Crippen molar-refractivity contribution in [1.29, 1.82) is 0 Å². The summed E-state index contributed by atoms with van der Waals surface area (Å²) in [4.78, 5) is 66.9. The molecule has 1 amide bonds. The van der Waals surface area contributed by atoms with Crippen LogP contribution in [0.4, 0.5) is 17.1 Å². The molecule has 1 atom stereocenters. The van der Waals surface area contributed by atoms with Gasteiger partial charge < -0.3 is 73.4 Å². The molecule has 6 rings (SSSR count). The number of fused-ring (bicyclic) bond motifs is 6. The average molecular weight is 793 g/mol. The van der Waals surface area contributed by atoms with Gasteiger partial charge in [-0.1, -0.05) is 37.3 Å². The molecule has 0 aliphatic carbocycles. The van der Waals surface area contributed by atoms with Gasteiger partial charge in [0.15, 0.2) is 0 Å². The maximum Gasteiger partial charge on any atom is 0.255 e. The van der Waals surface area contributed by atoms with Crippen molar-refractivity contribution in [1.82, 2.24) is 4.90 Å². The fraction of sp³-hybridized carbons (Fsp3) is 0.310. The van der Waals surface area contributed by atoms with E-state index in [4.69, 9.17) is 14.2 Å². The predicted molar refractivity (Wildman–Crippen MR) is 202 cm³/mol. The van der Waals surface area contributed by atoms with Crippen LogP contribution in [0.5, 0.6) is 23.0 Å². The monoisotopic (exact) mass is 792 g/mol. The van der Waals surface area contributed by atoms with E-state index in [2.05, 4.69) is 0 Å². The maximum absolute atomic E-state index is 14.3. The van der Waals surface area contributed by atoms with Gasteiger partial charge in [-0.25, -0.2) is 0 Å². The minimum absolute atomic E-state index is 0.000463. The lowest BCUT2D eigenvalue weighted by molar-refractivity contribution is -0.307. The number of carbonyl (C=O) groups excluding carboxylic acids is 5. The van der Waals surface area contributed by atoms with Crippen molar-refractivity contribution >= 4 is 46.8 Å². The number of carboxylic acid groups (broad SMARTS) is 4. The van der Waals surface area contributed by atoms with E-state index in [-0.39, 0.29) is 47.7 Å². The third-order valence-electron chi connectivity index (χ3n) is 9.86. The molecule has 4 aromatic rings. The van der Waals surface area contributed by atoms with Crippen molar-refractivity contribution in [3.63, 3.8) is 0 Å². The first-order chi connectivity index (χ1) is 27.6. The highest BCUT2D eigenvalue weighted by atomic mass is 16.5. The van der Waals surface area contributed by atoms with Crippen LogP contribution >= 0.6 is 0 Å². The molecule has 0 N–H and O–H groups in total. The van der Waals surface area contributed by atoms with Gasteiger partial charge in [-0.15, -0.1) is 0 Å². The lowest BCUT2D eigenvalue weighted by Crippen LogP contribution is -2.48. The number of aliphatic carboxylic acids is 4. The highest BCUT2D eigenvalue weighted by molar-refractivity contribution is 6.02. The number of rotatable bonds is 18. The molecule has 0 fully saturated rings. The van der Waals surface area contributed by atoms with E-state index in [1.165, 1.54) is 12.1 Å². The van der Waals surface area contributed by atoms with E-state index in [0.717, 1.165) is 15.5 Å². The van der Waals surface area contributed by atoms with Crippen molar-refractivity contribution in [3.8, 4) is 23.0 Å². The number of carbonyl (C=O) groups is 5. The molecule has 0 bridgehead atoms. The Hall–Kier alpha value is -6.97. The molecule has 4 aromatic carbocycles. The molecule has 16 heteroatoms. The number of aryl methyl sites for hydroxylation is 1. The summed E-state index contributed by atoms with van der Waals surface area (Å²) in [6, 6.07) is 20.7. The Balaban J connectivity index is 1.48. The normalized spacial score (nSPS) is 14.8. The van der Waals surface area contributed by atoms with Gasteiger partial charge in [0.1, 0.15) is 41.8 Å². The van der Waals surface area contributed by atoms with Crippen LogP contribution in [0.25, 0.3) is 0 Å². The summed E-state index contributed by atoms with van der Waals surface area (Å²) in [7, 11) is 3.73. The summed E-state index contributed by atoms with van der Waals surface area (Å²) in [5.74, 6) is -5.67. The van der Waals surface area contributed by atoms with E-state index in [0.29, 0.717) is 46.5 Å². The van der Waals surface area contributed by atoms with E-state index >= 15 is 0 Å². The first-order valence-corrected chi connectivity index (χ1v) is 18.4. The van der Waals surface area contributed by atoms with Gasteiger partial charge in [-0.05, 0) is 54.8 Å². The Kier molecular flexibility index (Phi) is 11.7. The summed E-state index contributed by atoms with van der Waals surface area (Å²) in [5.41, 5.74) is 2.65. The second-order valence-corrected chi connectivity index (χ2v) is 14.1. The zero-order valence-corrected chi connectivity index (χ0v) is 32.3. The van der Waals surface area contributed by atoms with Crippen LogP contribution < -0.4 is 49.3 Å². The van der Waals surface area contributed by atoms with Crippen molar-refractivity contribution in [3.05, 3.63) is 101 Å². The largest absolute Gasteiger partial charge is 0.548 e. The Labute approximate surface area is 334 Å². The minimum atomic E-state index is -1.58. The van der Waals surface area contributed by atoms with Gasteiger partial charge in [-0.3, -0.25) is 4.79 Å². The third-order valence-corrected chi connectivity index (χ3v) is 9.86. The van der Waals surface area contributed by atoms with Crippen molar-refractivity contribution in [2.24, 2.45) is 0 Å². The highest BCUT2D eigenvalue weighted by Crippen LogP contribution is 2.59. The van der Waals surface area contributed by atoms with Crippen molar-refractivity contribution in [2.75, 3.05) is 74.7 Å². The number of nitrogens with zero attached hydrogens (tertiary/aromatic N) is 4. The van der Waals surface area contributed by atoms with Crippen LogP contribution in [0, 0.1) is 6.92 Å². The molecule has 0 saturated heterocycles. The van der Waals surface area contributed by atoms with Crippen LogP contribution in [0.3, 0.4) is 0 Å². The third kappa shape index (κ3) is 7.85. The Morgan fingerprint density at radius 2 is 1.26 bits per heavy atom. The van der Waals surface area contributed by atoms with Gasteiger partial charge in [0, 0.05) is 55.2 Å². The zero-order chi connectivity index (χ0) is 41.9. The number of amides is 1. The lowest BCUT2D eigenvalue weighted by Gasteiger charge is -2.45. The summed E-state index contributed by atoms with van der Waals surface area (Å²) in [5, 5.41) is 47.0. The van der Waals surface area contributed by atoms with Gasteiger partial charge >= 0.3 is 0 Å². The van der Waals surface area contributed by atoms with Crippen molar-refractivity contribution in [2.45, 2.75) is 25.8 Å². The molecule has 58 heavy (non-hydrogen) atoms. The summed E-state index contributed by atoms with van der Waals surface area (Å²) >= 11 is 0. The predicted octanol–water partition coefficient (Wildman–Crippen LogP) is -0.605. The summed E-state index contributed by atoms with van der Waals surface area (Å²) in [6.45, 7) is 0.325. The second kappa shape index (κ2) is 16.6. The first-order valence-electron chi connectivity index (χ1n) is 18.4. The molecule has 16 nitrogen and oxygen atoms in total. The molecule has 304 valence electrons. The van der Waals surface area contributed by atoms with Crippen LogP contribution in [-0.2, 0) is 24.7 Å². The Morgan fingerprint density at radius 3 is 1.84 bits per heavy atom. The average Bonchev–Trinajstić information content (AvgIpc) is 3.39. The fourth-order valence-corrected chi connectivity index (χ4v) is 7.59. The topological polar surface area (TPSA) is 218 Å². The van der Waals surface area contributed by atoms with Crippen LogP contribution in [0.15, 0.2) is 72.8 Å². The van der Waals surface area contributed by atoms with Gasteiger partial charge in [0.25, 0.3) is 5.91 Å². The molecule has 0 radical (unpaired) electrons. The number of anilines is 3. The van der Waals surface area contributed by atoms with E-state index in [1.54, 1.807) is 42.2 Å². The number of benzene rings is 4. The standard InChI is InChI=1S/C42H44N4O12/c1-5-14-46-41(55)27-8-6-7-9-28(27)42(46)29-12-11-26(43(3)4)18-33(29)58-34-20-32(45(23-39(51)52)24-40(53)54)36(19-30(34)42)57-16-15-56-35-17-25(2)10-13-31(35)44(21-37(47)48)22-38(49)50/h6-13,17-20H,5,14-16,21-24H2,1-4H3,(H,47,48)(H,49,50)(H,51,52)(H,53,54)/p-4. The number of carboxylic acids is 4. The zero-order valence-electron chi connectivity index (χ0n) is 32.3. The molecule has 1 unspecified atom stereocenters. The molecule has 2 heterocycles. The van der Waals surface area contributed by atoms with Gasteiger partial charge in [0.05, 0.1) is 61.4 Å². The van der Waals surface area contributed by atoms with E-state index in [9.17, 15) is 44.4 Å². The summed E-state index contributed by atoms with van der Waals surface area (Å²) < 4.78 is 18.9. The molecule has 2 aliphatic heterocycles. The SMILES string of the molecule is CCCN1C(=O)c2ccccc2C12c1ccc(N(C)C)cc1Oc1cc(N(CC(=O)[O-])CC(=O)[O-])c(OCCOc3cc(C)ccc3N(CC(=O)[O-])CC(=O)[O-])cc12. The van der Waals surface area contributed by atoms with Crippen LogP contribution in [0.1, 0.15) is 46.0 Å². The van der Waals surface area contributed by atoms with E-state index in [1.807, 2.05) is 56.3 Å². The van der Waals surface area contributed by atoms with Crippen LogP contribution in [-0.4, -0.2) is 94.7 Å². The second-order valence-electron chi connectivity index (χ2n) is 14.1. The molecular formula is C42H40N4O12-4. The fourth-order valence-electron chi connectivity index (χ4n) is 7.59. The van der Waals surface area contributed by atoms with Crippen molar-refractivity contribution < 1.29 is 58.6 Å². The quantitative estimate of drug-likeness (QED) is 0.115. The lowest BCUT2D eigenvalue weighted by atomic mass is 9.74. The maximum atomic E-state index is 14.3. The number of hydrogen-bond acceptors (Lipinski definition) is 15. The van der Waals surface area contributed by atoms with Gasteiger partial charge in [-0.2, -0.15) is 0 Å². The molecule has 0 aromatic heterocycles. The highest BCUT2D eigenvalue weighted by Gasteiger charge is 2.56. The summed E-state index contributed by atoms with van der Waals surface area (Å²) in [6.07, 6.45) is 0.594. The molecule has 2 aliphatic rings. The molecule has 1 spiro atoms. The molecular weight excluding hydrogens is 752 g/mol.